The molecule has 0 fully saturated rings. The van der Waals surface area contributed by atoms with E-state index in [2.05, 4.69) is 28.3 Å². The molecule has 0 unspecified atom stereocenters. The van der Waals surface area contributed by atoms with E-state index in [9.17, 15) is 0 Å². The quantitative estimate of drug-likeness (QED) is 0.601. The molecule has 1 aliphatic rings. The van der Waals surface area contributed by atoms with Crippen molar-refractivity contribution in [1.82, 2.24) is 9.97 Å². The van der Waals surface area contributed by atoms with Crippen LogP contribution in [0.3, 0.4) is 0 Å². The van der Waals surface area contributed by atoms with E-state index >= 15 is 0 Å². The Morgan fingerprint density at radius 2 is 2.18 bits per heavy atom. The Kier molecular flexibility index (Phi) is 1.35. The number of anilines is 1. The summed E-state index contributed by atoms with van der Waals surface area (Å²) in [5, 5.41) is 3.17. The van der Waals surface area contributed by atoms with E-state index in [0.717, 1.165) is 18.1 Å². The van der Waals surface area contributed by atoms with Gasteiger partial charge in [0.1, 0.15) is 5.69 Å². The lowest BCUT2D eigenvalue weighted by molar-refractivity contribution is 1.09. The Morgan fingerprint density at radius 3 is 3.09 bits per heavy atom. The van der Waals surface area contributed by atoms with Gasteiger partial charge in [-0.15, -0.1) is 0 Å². The fourth-order valence-electron chi connectivity index (χ4n) is 1.10. The van der Waals surface area contributed by atoms with Crippen LogP contribution >= 0.6 is 0 Å². The normalized spacial score (nSPS) is 14.8. The van der Waals surface area contributed by atoms with Gasteiger partial charge in [-0.2, -0.15) is 0 Å². The Morgan fingerprint density at radius 1 is 1.36 bits per heavy atom. The summed E-state index contributed by atoms with van der Waals surface area (Å²) in [7, 11) is 0. The van der Waals surface area contributed by atoms with Gasteiger partial charge in [-0.25, -0.2) is 4.98 Å². The van der Waals surface area contributed by atoms with Gasteiger partial charge in [0.05, 0.1) is 0 Å². The smallest absolute Gasteiger partial charge is 0.152 e. The van der Waals surface area contributed by atoms with Crippen LogP contribution in [-0.2, 0) is 0 Å². The summed E-state index contributed by atoms with van der Waals surface area (Å²) >= 11 is 0. The molecular weight excluding hydrogens is 138 g/mol. The van der Waals surface area contributed by atoms with Gasteiger partial charge in [-0.3, -0.25) is 4.98 Å². The zero-order chi connectivity index (χ0) is 7.68. The minimum absolute atomic E-state index is 0.881. The second-order valence-electron chi connectivity index (χ2n) is 2.63. The maximum atomic E-state index is 4.17. The van der Waals surface area contributed by atoms with Gasteiger partial charge in [-0.05, 0) is 13.0 Å². The van der Waals surface area contributed by atoms with E-state index in [4.69, 9.17) is 0 Å². The van der Waals surface area contributed by atoms with Crippen molar-refractivity contribution in [2.24, 2.45) is 0 Å². The summed E-state index contributed by atoms with van der Waals surface area (Å²) in [4.78, 5) is 8.30. The minimum atomic E-state index is 0.881. The Balaban J connectivity index is 2.51. The summed E-state index contributed by atoms with van der Waals surface area (Å²) < 4.78 is 0. The van der Waals surface area contributed by atoms with Gasteiger partial charge in [-0.1, -0.05) is 5.57 Å². The van der Waals surface area contributed by atoms with Gasteiger partial charge >= 0.3 is 0 Å². The van der Waals surface area contributed by atoms with Gasteiger partial charge in [0.25, 0.3) is 0 Å². The summed E-state index contributed by atoms with van der Waals surface area (Å²) in [6.45, 7) is 2.95. The average molecular weight is 147 g/mol. The predicted octanol–water partition coefficient (Wildman–Crippen LogP) is 1.31. The molecule has 2 rings (SSSR count). The fraction of sp³-hybridized carbons (Fsp3) is 0.250. The first kappa shape index (κ1) is 6.34. The van der Waals surface area contributed by atoms with Crippen LogP contribution < -0.4 is 5.32 Å². The largest absolute Gasteiger partial charge is 0.365 e. The second-order valence-corrected chi connectivity index (χ2v) is 2.63. The van der Waals surface area contributed by atoms with E-state index in [1.54, 1.807) is 12.4 Å². The first-order valence-electron chi connectivity index (χ1n) is 3.58. The third-order valence-electron chi connectivity index (χ3n) is 1.64. The highest BCUT2D eigenvalue weighted by Crippen LogP contribution is 2.17. The van der Waals surface area contributed by atoms with Crippen molar-refractivity contribution in [3.8, 4) is 0 Å². The van der Waals surface area contributed by atoms with E-state index < -0.39 is 0 Å². The third-order valence-corrected chi connectivity index (χ3v) is 1.64. The molecule has 0 aromatic carbocycles. The molecule has 1 N–H and O–H groups in total. The number of nitrogens with one attached hydrogen (secondary N) is 1. The zero-order valence-corrected chi connectivity index (χ0v) is 6.33. The van der Waals surface area contributed by atoms with E-state index in [1.807, 2.05) is 0 Å². The molecule has 3 nitrogen and oxygen atoms in total. The van der Waals surface area contributed by atoms with E-state index in [0.29, 0.717) is 0 Å². The molecule has 0 amide bonds. The average Bonchev–Trinajstić information content (AvgIpc) is 2.04. The van der Waals surface area contributed by atoms with Crippen molar-refractivity contribution in [1.29, 1.82) is 0 Å². The Hall–Kier alpha value is -1.38. The highest BCUT2D eigenvalue weighted by Gasteiger charge is 2.06. The van der Waals surface area contributed by atoms with Crippen LogP contribution in [0.25, 0.3) is 6.08 Å². The Bertz CT molecular complexity index is 304. The van der Waals surface area contributed by atoms with Crippen LogP contribution in [0.4, 0.5) is 5.82 Å². The van der Waals surface area contributed by atoms with Crippen LogP contribution in [0.2, 0.25) is 0 Å². The van der Waals surface area contributed by atoms with E-state index in [1.165, 1.54) is 5.57 Å². The lowest BCUT2D eigenvalue weighted by Gasteiger charge is -2.13. The van der Waals surface area contributed by atoms with Gasteiger partial charge in [0.15, 0.2) is 5.82 Å². The lowest BCUT2D eigenvalue weighted by Crippen LogP contribution is -2.10. The molecule has 0 bridgehead atoms. The summed E-state index contributed by atoms with van der Waals surface area (Å²) in [5.74, 6) is 0.887. The molecule has 1 aromatic rings. The molecule has 2 heterocycles. The van der Waals surface area contributed by atoms with Crippen molar-refractivity contribution in [3.05, 3.63) is 23.7 Å². The summed E-state index contributed by atoms with van der Waals surface area (Å²) in [5.41, 5.74) is 2.23. The second kappa shape index (κ2) is 2.34. The fourth-order valence-corrected chi connectivity index (χ4v) is 1.10. The standard InChI is InChI=1S/C8H9N3/c1-6-4-7-8(11-5-6)10-3-2-9-7/h2-4H,5H2,1H3,(H,10,11). The van der Waals surface area contributed by atoms with Crippen LogP contribution in [-0.4, -0.2) is 16.5 Å². The molecule has 0 saturated carbocycles. The summed E-state index contributed by atoms with van der Waals surface area (Å²) in [6.07, 6.45) is 5.45. The topological polar surface area (TPSA) is 37.8 Å². The number of hydrogen-bond acceptors (Lipinski definition) is 3. The van der Waals surface area contributed by atoms with Crippen LogP contribution in [0.1, 0.15) is 12.6 Å². The number of hydrogen-bond donors (Lipinski definition) is 1. The molecule has 0 radical (unpaired) electrons. The monoisotopic (exact) mass is 147 g/mol. The highest BCUT2D eigenvalue weighted by molar-refractivity contribution is 5.65. The van der Waals surface area contributed by atoms with Crippen molar-refractivity contribution < 1.29 is 0 Å². The van der Waals surface area contributed by atoms with Crippen LogP contribution in [0, 0.1) is 0 Å². The van der Waals surface area contributed by atoms with Crippen molar-refractivity contribution >= 4 is 11.9 Å². The van der Waals surface area contributed by atoms with Crippen LogP contribution in [0.15, 0.2) is 18.0 Å². The number of nitrogens with zero attached hydrogens (tertiary/aromatic N) is 2. The summed E-state index contributed by atoms with van der Waals surface area (Å²) in [6, 6.07) is 0. The van der Waals surface area contributed by atoms with Crippen molar-refractivity contribution in [2.45, 2.75) is 6.92 Å². The molecule has 0 saturated heterocycles. The predicted molar refractivity (Wildman–Crippen MR) is 44.2 cm³/mol. The first-order chi connectivity index (χ1) is 5.36. The molecule has 1 aromatic heterocycles. The van der Waals surface area contributed by atoms with Crippen molar-refractivity contribution in [2.75, 3.05) is 11.9 Å². The molecule has 56 valence electrons. The maximum absolute atomic E-state index is 4.17. The third kappa shape index (κ3) is 1.09. The first-order valence-corrected chi connectivity index (χ1v) is 3.58. The molecule has 1 aliphatic heterocycles. The molecular formula is C8H9N3. The number of rotatable bonds is 0. The molecule has 3 heteroatoms. The van der Waals surface area contributed by atoms with Crippen molar-refractivity contribution in [3.63, 3.8) is 0 Å². The maximum Gasteiger partial charge on any atom is 0.152 e. The van der Waals surface area contributed by atoms with Gasteiger partial charge in [0, 0.05) is 18.9 Å². The molecule has 0 spiro atoms. The van der Waals surface area contributed by atoms with E-state index in [-0.39, 0.29) is 0 Å². The number of aromatic nitrogens is 2. The zero-order valence-electron chi connectivity index (χ0n) is 6.33. The Labute approximate surface area is 65.2 Å². The molecule has 0 atom stereocenters. The SMILES string of the molecule is CC1=Cc2nccnc2NC1. The number of fused-ring (bicyclic) bond motifs is 1. The molecule has 11 heavy (non-hydrogen) atoms. The van der Waals surface area contributed by atoms with Gasteiger partial charge in [0.2, 0.25) is 0 Å². The lowest BCUT2D eigenvalue weighted by atomic mass is 10.2. The van der Waals surface area contributed by atoms with Gasteiger partial charge < -0.3 is 5.32 Å². The highest BCUT2D eigenvalue weighted by atomic mass is 15.0. The minimum Gasteiger partial charge on any atom is -0.365 e. The van der Waals surface area contributed by atoms with Crippen LogP contribution in [0.5, 0.6) is 0 Å². The molecule has 0 aliphatic carbocycles.